The largest absolute Gasteiger partial charge is 0.471 e. The third-order valence-electron chi connectivity index (χ3n) is 2.70. The molecule has 0 unspecified atom stereocenters. The maximum absolute atomic E-state index is 12.2. The van der Waals surface area contributed by atoms with Gasteiger partial charge in [-0.25, -0.2) is 4.98 Å². The second kappa shape index (κ2) is 3.58. The monoisotopic (exact) mass is 231 g/mol. The fraction of sp³-hybridized carbons (Fsp3) is 0.182. The highest BCUT2D eigenvalue weighted by atomic mass is 16.5. The minimum Gasteiger partial charge on any atom is -0.471 e. The van der Waals surface area contributed by atoms with Crippen LogP contribution >= 0.6 is 0 Å². The van der Waals surface area contributed by atoms with E-state index in [1.165, 1.54) is 4.57 Å². The molecular formula is C11H9N3O3. The number of para-hydroxylation sites is 1. The molecule has 0 amide bonds. The topological polar surface area (TPSA) is 76.7 Å². The van der Waals surface area contributed by atoms with Crippen molar-refractivity contribution in [2.75, 3.05) is 6.61 Å². The maximum Gasteiger partial charge on any atom is 0.294 e. The molecule has 1 aliphatic heterocycles. The van der Waals surface area contributed by atoms with E-state index in [1.54, 1.807) is 24.3 Å². The Morgan fingerprint density at radius 2 is 2.24 bits per heavy atom. The molecule has 2 heterocycles. The van der Waals surface area contributed by atoms with Crippen LogP contribution in [0.25, 0.3) is 10.9 Å². The second-order valence-electron chi connectivity index (χ2n) is 3.66. The van der Waals surface area contributed by atoms with Gasteiger partial charge in [0.2, 0.25) is 5.82 Å². The van der Waals surface area contributed by atoms with E-state index in [0.717, 1.165) is 0 Å². The van der Waals surface area contributed by atoms with Gasteiger partial charge in [0, 0.05) is 0 Å². The minimum atomic E-state index is -0.143. The van der Waals surface area contributed by atoms with Gasteiger partial charge in [0.25, 0.3) is 11.5 Å². The molecule has 17 heavy (non-hydrogen) atoms. The Labute approximate surface area is 95.8 Å². The Morgan fingerprint density at radius 1 is 1.41 bits per heavy atom. The molecule has 6 heteroatoms. The lowest BCUT2D eigenvalue weighted by atomic mass is 10.2. The number of hydrogen-bond donors (Lipinski definition) is 1. The number of oxime groups is 1. The number of rotatable bonds is 0. The van der Waals surface area contributed by atoms with E-state index in [1.807, 2.05) is 0 Å². The van der Waals surface area contributed by atoms with Crippen molar-refractivity contribution in [3.8, 4) is 0 Å². The normalized spacial score (nSPS) is 16.8. The Hall–Kier alpha value is -2.37. The highest BCUT2D eigenvalue weighted by Crippen LogP contribution is 2.11. The van der Waals surface area contributed by atoms with E-state index >= 15 is 0 Å². The molecule has 6 nitrogen and oxygen atoms in total. The summed E-state index contributed by atoms with van der Waals surface area (Å²) in [5.41, 5.74) is 0.422. The summed E-state index contributed by atoms with van der Waals surface area (Å²) in [6, 6.07) is 7.05. The standard InChI is InChI=1S/C11H9N3O3/c15-11-7-3-1-2-4-8(7)12-9-10(13-16)17-6-5-14(9)11/h1-4,16H,5-6H2/b13-10-. The van der Waals surface area contributed by atoms with Crippen LogP contribution in [0, 0.1) is 0 Å². The van der Waals surface area contributed by atoms with E-state index in [2.05, 4.69) is 10.1 Å². The average Bonchev–Trinajstić information content (AvgIpc) is 2.38. The molecule has 2 aromatic rings. The smallest absolute Gasteiger partial charge is 0.294 e. The van der Waals surface area contributed by atoms with Gasteiger partial charge in [-0.05, 0) is 17.3 Å². The minimum absolute atomic E-state index is 0.0147. The van der Waals surface area contributed by atoms with Crippen LogP contribution in [0.2, 0.25) is 0 Å². The van der Waals surface area contributed by atoms with Crippen LogP contribution in [0.5, 0.6) is 0 Å². The highest BCUT2D eigenvalue weighted by Gasteiger charge is 2.21. The van der Waals surface area contributed by atoms with Crippen LogP contribution < -0.4 is 5.56 Å². The zero-order chi connectivity index (χ0) is 11.8. The van der Waals surface area contributed by atoms with Gasteiger partial charge in [-0.1, -0.05) is 12.1 Å². The first-order chi connectivity index (χ1) is 8.31. The van der Waals surface area contributed by atoms with Crippen LogP contribution in [0.4, 0.5) is 0 Å². The van der Waals surface area contributed by atoms with Crippen LogP contribution in [0.3, 0.4) is 0 Å². The molecule has 86 valence electrons. The third-order valence-corrected chi connectivity index (χ3v) is 2.70. The first kappa shape index (κ1) is 9.83. The van der Waals surface area contributed by atoms with Crippen LogP contribution in [-0.4, -0.2) is 27.3 Å². The molecule has 0 fully saturated rings. The molecule has 1 aromatic heterocycles. The van der Waals surface area contributed by atoms with E-state index in [0.29, 0.717) is 24.1 Å². The van der Waals surface area contributed by atoms with E-state index in [4.69, 9.17) is 9.94 Å². The Kier molecular flexibility index (Phi) is 2.07. The van der Waals surface area contributed by atoms with Crippen molar-refractivity contribution in [3.63, 3.8) is 0 Å². The molecule has 0 spiro atoms. The second-order valence-corrected chi connectivity index (χ2v) is 3.66. The number of ether oxygens (including phenoxy) is 1. The lowest BCUT2D eigenvalue weighted by molar-refractivity contribution is 0.227. The van der Waals surface area contributed by atoms with Gasteiger partial charge in [0.15, 0.2) is 0 Å². The van der Waals surface area contributed by atoms with Crippen LogP contribution in [0.15, 0.2) is 34.2 Å². The predicted octanol–water partition coefficient (Wildman–Crippen LogP) is 0.562. The molecule has 0 atom stereocenters. The molecule has 3 rings (SSSR count). The molecule has 0 radical (unpaired) electrons. The third kappa shape index (κ3) is 1.37. The van der Waals surface area contributed by atoms with Crippen molar-refractivity contribution in [1.82, 2.24) is 9.55 Å². The van der Waals surface area contributed by atoms with Crippen molar-refractivity contribution >= 4 is 16.8 Å². The van der Waals surface area contributed by atoms with E-state index in [9.17, 15) is 4.79 Å². The first-order valence-corrected chi connectivity index (χ1v) is 5.16. The van der Waals surface area contributed by atoms with Gasteiger partial charge in [0.1, 0.15) is 6.61 Å². The van der Waals surface area contributed by atoms with Gasteiger partial charge in [-0.3, -0.25) is 9.36 Å². The fourth-order valence-electron chi connectivity index (χ4n) is 1.91. The van der Waals surface area contributed by atoms with E-state index in [-0.39, 0.29) is 17.3 Å². The number of hydrogen-bond acceptors (Lipinski definition) is 5. The first-order valence-electron chi connectivity index (χ1n) is 5.16. The molecule has 1 N–H and O–H groups in total. The number of fused-ring (bicyclic) bond motifs is 2. The molecular weight excluding hydrogens is 222 g/mol. The summed E-state index contributed by atoms with van der Waals surface area (Å²) in [7, 11) is 0. The van der Waals surface area contributed by atoms with Gasteiger partial charge in [-0.2, -0.15) is 0 Å². The number of aromatic nitrogens is 2. The quantitative estimate of drug-likeness (QED) is 0.531. The molecule has 1 aromatic carbocycles. The summed E-state index contributed by atoms with van der Waals surface area (Å²) in [5, 5.41) is 12.4. The van der Waals surface area contributed by atoms with Crippen molar-refractivity contribution in [2.45, 2.75) is 6.54 Å². The zero-order valence-electron chi connectivity index (χ0n) is 8.83. The Bertz CT molecular complexity index is 675. The number of nitrogens with zero attached hydrogens (tertiary/aromatic N) is 3. The van der Waals surface area contributed by atoms with Crippen molar-refractivity contribution in [3.05, 3.63) is 40.4 Å². The highest BCUT2D eigenvalue weighted by molar-refractivity contribution is 5.93. The van der Waals surface area contributed by atoms with Crippen LogP contribution in [-0.2, 0) is 11.3 Å². The van der Waals surface area contributed by atoms with Crippen molar-refractivity contribution in [1.29, 1.82) is 0 Å². The number of benzene rings is 1. The molecule has 1 aliphatic rings. The van der Waals surface area contributed by atoms with Gasteiger partial charge in [-0.15, -0.1) is 0 Å². The van der Waals surface area contributed by atoms with E-state index < -0.39 is 0 Å². The lowest BCUT2D eigenvalue weighted by Gasteiger charge is -2.19. The van der Waals surface area contributed by atoms with Gasteiger partial charge in [0.05, 0.1) is 17.4 Å². The van der Waals surface area contributed by atoms with Gasteiger partial charge < -0.3 is 9.94 Å². The SMILES string of the molecule is O=c1c2ccccc2nc2n1CCO/C2=N\O. The summed E-state index contributed by atoms with van der Waals surface area (Å²) in [4.78, 5) is 16.4. The molecule has 0 saturated carbocycles. The Balaban J connectivity index is 2.42. The fourth-order valence-corrected chi connectivity index (χ4v) is 1.91. The van der Waals surface area contributed by atoms with Crippen molar-refractivity contribution in [2.24, 2.45) is 5.16 Å². The summed E-state index contributed by atoms with van der Waals surface area (Å²) in [6.07, 6.45) is 0. The van der Waals surface area contributed by atoms with Crippen LogP contribution in [0.1, 0.15) is 5.82 Å². The Morgan fingerprint density at radius 3 is 3.06 bits per heavy atom. The van der Waals surface area contributed by atoms with Crippen molar-refractivity contribution < 1.29 is 9.94 Å². The summed E-state index contributed by atoms with van der Waals surface area (Å²) < 4.78 is 6.59. The molecule has 0 aliphatic carbocycles. The van der Waals surface area contributed by atoms with Gasteiger partial charge >= 0.3 is 0 Å². The summed E-state index contributed by atoms with van der Waals surface area (Å²) >= 11 is 0. The average molecular weight is 231 g/mol. The zero-order valence-corrected chi connectivity index (χ0v) is 8.83. The lowest BCUT2D eigenvalue weighted by Crippen LogP contribution is -2.35. The maximum atomic E-state index is 12.2. The molecule has 0 saturated heterocycles. The summed E-state index contributed by atoms with van der Waals surface area (Å²) in [6.45, 7) is 0.706. The summed E-state index contributed by atoms with van der Waals surface area (Å²) in [5.74, 6) is 0.251. The molecule has 0 bridgehead atoms. The predicted molar refractivity (Wildman–Crippen MR) is 60.3 cm³/mol.